The average molecular weight is 280 g/mol. The van der Waals surface area contributed by atoms with Crippen LogP contribution in [0, 0.1) is 5.92 Å². The van der Waals surface area contributed by atoms with E-state index in [9.17, 15) is 5.11 Å². The zero-order valence-corrected chi connectivity index (χ0v) is 13.4. The van der Waals surface area contributed by atoms with Gasteiger partial charge in [0.15, 0.2) is 11.5 Å². The first kappa shape index (κ1) is 16.8. The molecule has 1 aromatic rings. The minimum absolute atomic E-state index is 0.194. The summed E-state index contributed by atoms with van der Waals surface area (Å²) in [5.74, 6) is 1.37. The van der Waals surface area contributed by atoms with E-state index in [0.29, 0.717) is 11.7 Å². The number of nitrogens with zero attached hydrogens (tertiary/aromatic N) is 2. The molecule has 0 amide bonds. The van der Waals surface area contributed by atoms with Gasteiger partial charge in [0.1, 0.15) is 0 Å². The summed E-state index contributed by atoms with van der Waals surface area (Å²) in [6.07, 6.45) is 0. The number of hydrogen-bond donors (Lipinski definition) is 1. The maximum absolute atomic E-state index is 9.65. The van der Waals surface area contributed by atoms with Crippen molar-refractivity contribution in [3.8, 4) is 11.5 Å². The Morgan fingerprint density at radius 2 is 1.90 bits per heavy atom. The number of aromatic hydroxyl groups is 1. The number of likely N-dealkylation sites (N-methyl/N-ethyl adjacent to an activating group) is 1. The number of hydrogen-bond acceptors (Lipinski definition) is 4. The molecule has 1 aromatic carbocycles. The predicted octanol–water partition coefficient (Wildman–Crippen LogP) is 2.42. The fourth-order valence-electron chi connectivity index (χ4n) is 2.17. The molecule has 0 unspecified atom stereocenters. The minimum Gasteiger partial charge on any atom is -0.504 e. The topological polar surface area (TPSA) is 35.9 Å². The highest BCUT2D eigenvalue weighted by atomic mass is 16.5. The highest BCUT2D eigenvalue weighted by Crippen LogP contribution is 2.26. The van der Waals surface area contributed by atoms with Crippen LogP contribution in [0.4, 0.5) is 0 Å². The molecular formula is C16H28N2O2. The fraction of sp³-hybridized carbons (Fsp3) is 0.625. The Balaban J connectivity index is 2.72. The van der Waals surface area contributed by atoms with Crippen LogP contribution in [-0.2, 0) is 6.54 Å². The Labute approximate surface area is 123 Å². The van der Waals surface area contributed by atoms with Gasteiger partial charge in [-0.3, -0.25) is 4.90 Å². The SMILES string of the molecule is COc1cc(CN(CCN(C)C)CC(C)C)ccc1O. The summed E-state index contributed by atoms with van der Waals surface area (Å²) in [4.78, 5) is 4.64. The number of phenols is 1. The van der Waals surface area contributed by atoms with Gasteiger partial charge in [0.2, 0.25) is 0 Å². The normalized spacial score (nSPS) is 11.6. The van der Waals surface area contributed by atoms with Crippen molar-refractivity contribution in [2.24, 2.45) is 5.92 Å². The first-order chi connectivity index (χ1) is 9.42. The van der Waals surface area contributed by atoms with E-state index in [1.807, 2.05) is 12.1 Å². The van der Waals surface area contributed by atoms with E-state index in [1.165, 1.54) is 5.56 Å². The fourth-order valence-corrected chi connectivity index (χ4v) is 2.17. The second kappa shape index (κ2) is 8.12. The van der Waals surface area contributed by atoms with Crippen LogP contribution in [0.5, 0.6) is 11.5 Å². The smallest absolute Gasteiger partial charge is 0.160 e. The highest BCUT2D eigenvalue weighted by molar-refractivity contribution is 5.41. The molecule has 4 nitrogen and oxygen atoms in total. The van der Waals surface area contributed by atoms with Crippen LogP contribution in [0.1, 0.15) is 19.4 Å². The van der Waals surface area contributed by atoms with Gasteiger partial charge in [0.25, 0.3) is 0 Å². The van der Waals surface area contributed by atoms with E-state index in [4.69, 9.17) is 4.74 Å². The van der Waals surface area contributed by atoms with Gasteiger partial charge in [-0.15, -0.1) is 0 Å². The third-order valence-corrected chi connectivity index (χ3v) is 3.14. The summed E-state index contributed by atoms with van der Waals surface area (Å²) in [6, 6.07) is 5.58. The van der Waals surface area contributed by atoms with E-state index in [-0.39, 0.29) is 5.75 Å². The van der Waals surface area contributed by atoms with Crippen molar-refractivity contribution in [1.29, 1.82) is 0 Å². The lowest BCUT2D eigenvalue weighted by Crippen LogP contribution is -2.33. The number of phenolic OH excluding ortho intramolecular Hbond substituents is 1. The molecule has 0 aromatic heterocycles. The third kappa shape index (κ3) is 5.80. The van der Waals surface area contributed by atoms with E-state index < -0.39 is 0 Å². The van der Waals surface area contributed by atoms with E-state index >= 15 is 0 Å². The summed E-state index contributed by atoms with van der Waals surface area (Å²) in [7, 11) is 5.77. The van der Waals surface area contributed by atoms with E-state index in [1.54, 1.807) is 13.2 Å². The first-order valence-corrected chi connectivity index (χ1v) is 7.15. The maximum atomic E-state index is 9.65. The number of benzene rings is 1. The molecule has 0 spiro atoms. The van der Waals surface area contributed by atoms with E-state index in [2.05, 4.69) is 37.7 Å². The Bertz CT molecular complexity index is 405. The van der Waals surface area contributed by atoms with Crippen LogP contribution in [0.15, 0.2) is 18.2 Å². The monoisotopic (exact) mass is 280 g/mol. The molecule has 114 valence electrons. The second-order valence-electron chi connectivity index (χ2n) is 5.94. The Morgan fingerprint density at radius 1 is 1.20 bits per heavy atom. The molecule has 0 bridgehead atoms. The molecule has 0 heterocycles. The van der Waals surface area contributed by atoms with Crippen LogP contribution < -0.4 is 4.74 Å². The lowest BCUT2D eigenvalue weighted by atomic mass is 10.1. The molecule has 1 rings (SSSR count). The van der Waals surface area contributed by atoms with Crippen LogP contribution in [0.25, 0.3) is 0 Å². The summed E-state index contributed by atoms with van der Waals surface area (Å²) in [5, 5.41) is 9.65. The zero-order valence-electron chi connectivity index (χ0n) is 13.4. The molecule has 20 heavy (non-hydrogen) atoms. The molecular weight excluding hydrogens is 252 g/mol. The number of ether oxygens (including phenoxy) is 1. The molecule has 0 aliphatic heterocycles. The standard InChI is InChI=1S/C16H28N2O2/c1-13(2)11-18(9-8-17(3)4)12-14-6-7-15(19)16(10-14)20-5/h6-7,10,13,19H,8-9,11-12H2,1-5H3. The van der Waals surface area contributed by atoms with Gasteiger partial charge in [-0.25, -0.2) is 0 Å². The molecule has 0 aliphatic rings. The van der Waals surface area contributed by atoms with Gasteiger partial charge < -0.3 is 14.7 Å². The first-order valence-electron chi connectivity index (χ1n) is 7.15. The summed E-state index contributed by atoms with van der Waals surface area (Å²) < 4.78 is 5.17. The molecule has 0 atom stereocenters. The van der Waals surface area contributed by atoms with Crippen LogP contribution in [-0.4, -0.2) is 55.7 Å². The molecule has 0 fully saturated rings. The lowest BCUT2D eigenvalue weighted by molar-refractivity contribution is 0.211. The molecule has 0 saturated heterocycles. The van der Waals surface area contributed by atoms with Crippen molar-refractivity contribution < 1.29 is 9.84 Å². The quantitative estimate of drug-likeness (QED) is 0.793. The summed E-state index contributed by atoms with van der Waals surface area (Å²) in [6.45, 7) is 8.50. The second-order valence-corrected chi connectivity index (χ2v) is 5.94. The van der Waals surface area contributed by atoms with Gasteiger partial charge in [0.05, 0.1) is 7.11 Å². The van der Waals surface area contributed by atoms with Gasteiger partial charge in [-0.2, -0.15) is 0 Å². The molecule has 0 radical (unpaired) electrons. The highest BCUT2D eigenvalue weighted by Gasteiger charge is 2.10. The van der Waals surface area contributed by atoms with Gasteiger partial charge in [-0.1, -0.05) is 19.9 Å². The minimum atomic E-state index is 0.194. The van der Waals surface area contributed by atoms with Crippen molar-refractivity contribution in [1.82, 2.24) is 9.80 Å². The molecule has 0 saturated carbocycles. The predicted molar refractivity (Wildman–Crippen MR) is 83.3 cm³/mol. The molecule has 0 aliphatic carbocycles. The molecule has 1 N–H and O–H groups in total. The van der Waals surface area contributed by atoms with Crippen molar-refractivity contribution >= 4 is 0 Å². The largest absolute Gasteiger partial charge is 0.504 e. The number of rotatable bonds is 8. The van der Waals surface area contributed by atoms with Crippen molar-refractivity contribution in [2.75, 3.05) is 40.8 Å². The van der Waals surface area contributed by atoms with Crippen LogP contribution >= 0.6 is 0 Å². The Morgan fingerprint density at radius 3 is 2.45 bits per heavy atom. The van der Waals surface area contributed by atoms with Crippen LogP contribution in [0.2, 0.25) is 0 Å². The zero-order chi connectivity index (χ0) is 15.1. The maximum Gasteiger partial charge on any atom is 0.160 e. The Hall–Kier alpha value is -1.26. The van der Waals surface area contributed by atoms with Crippen molar-refractivity contribution in [2.45, 2.75) is 20.4 Å². The van der Waals surface area contributed by atoms with Gasteiger partial charge >= 0.3 is 0 Å². The van der Waals surface area contributed by atoms with Crippen molar-refractivity contribution in [3.05, 3.63) is 23.8 Å². The lowest BCUT2D eigenvalue weighted by Gasteiger charge is -2.26. The third-order valence-electron chi connectivity index (χ3n) is 3.14. The Kier molecular flexibility index (Phi) is 6.82. The average Bonchev–Trinajstić information content (AvgIpc) is 2.37. The van der Waals surface area contributed by atoms with Gasteiger partial charge in [0, 0.05) is 26.2 Å². The summed E-state index contributed by atoms with van der Waals surface area (Å²) >= 11 is 0. The molecule has 4 heteroatoms. The van der Waals surface area contributed by atoms with Crippen LogP contribution in [0.3, 0.4) is 0 Å². The summed E-state index contributed by atoms with van der Waals surface area (Å²) in [5.41, 5.74) is 1.17. The number of methoxy groups -OCH3 is 1. The van der Waals surface area contributed by atoms with Crippen molar-refractivity contribution in [3.63, 3.8) is 0 Å². The van der Waals surface area contributed by atoms with E-state index in [0.717, 1.165) is 26.2 Å². The van der Waals surface area contributed by atoms with Gasteiger partial charge in [-0.05, 0) is 37.7 Å².